The highest BCUT2D eigenvalue weighted by molar-refractivity contribution is 5.96. The van der Waals surface area contributed by atoms with Crippen molar-refractivity contribution in [1.29, 1.82) is 0 Å². The number of nitro groups is 1. The zero-order valence-corrected chi connectivity index (χ0v) is 14.8. The number of non-ortho nitro benzene ring substituents is 1. The molecule has 0 atom stereocenters. The number of amides is 1. The summed E-state index contributed by atoms with van der Waals surface area (Å²) >= 11 is 0. The molecule has 0 spiro atoms. The fourth-order valence-corrected chi connectivity index (χ4v) is 2.20. The zero-order valence-electron chi connectivity index (χ0n) is 14.8. The van der Waals surface area contributed by atoms with E-state index in [0.717, 1.165) is 18.3 Å². The van der Waals surface area contributed by atoms with Crippen LogP contribution in [0.15, 0.2) is 35.4 Å². The third-order valence-electron chi connectivity index (χ3n) is 3.52. The Balaban J connectivity index is 2.22. The first-order chi connectivity index (χ1) is 12.9. The molecule has 2 aromatic carbocycles. The Morgan fingerprint density at radius 1 is 1.15 bits per heavy atom. The Bertz CT molecular complexity index is 871. The zero-order chi connectivity index (χ0) is 20.0. The van der Waals surface area contributed by atoms with Crippen molar-refractivity contribution in [3.63, 3.8) is 0 Å². The summed E-state index contributed by atoms with van der Waals surface area (Å²) in [5.74, 6) is 0.119. The SMILES string of the molecule is COc1cc(C(=O)N/N=C\c2cc([N+](=O)[O-])ccc2O)cc(OC)c1OC. The van der Waals surface area contributed by atoms with Crippen LogP contribution in [-0.2, 0) is 0 Å². The fourth-order valence-electron chi connectivity index (χ4n) is 2.20. The molecule has 0 aromatic heterocycles. The summed E-state index contributed by atoms with van der Waals surface area (Å²) in [4.78, 5) is 22.5. The smallest absolute Gasteiger partial charge is 0.271 e. The molecule has 2 aromatic rings. The van der Waals surface area contributed by atoms with Crippen LogP contribution >= 0.6 is 0 Å². The standard InChI is InChI=1S/C17H17N3O7/c1-25-14-7-10(8-15(26-2)16(14)27-3)17(22)19-18-9-11-6-12(20(23)24)4-5-13(11)21/h4-9,21H,1-3H3,(H,19,22)/b18-9-. The summed E-state index contributed by atoms with van der Waals surface area (Å²) in [6.45, 7) is 0. The number of nitrogens with zero attached hydrogens (tertiary/aromatic N) is 2. The average molecular weight is 375 g/mol. The number of carbonyl (C=O) groups is 1. The van der Waals surface area contributed by atoms with E-state index in [1.54, 1.807) is 0 Å². The van der Waals surface area contributed by atoms with Gasteiger partial charge in [0.15, 0.2) is 11.5 Å². The van der Waals surface area contributed by atoms with Crippen LogP contribution in [0, 0.1) is 10.1 Å². The van der Waals surface area contributed by atoms with Gasteiger partial charge in [-0.15, -0.1) is 0 Å². The summed E-state index contributed by atoms with van der Waals surface area (Å²) in [6.07, 6.45) is 1.10. The minimum Gasteiger partial charge on any atom is -0.507 e. The van der Waals surface area contributed by atoms with Gasteiger partial charge in [-0.3, -0.25) is 14.9 Å². The average Bonchev–Trinajstić information content (AvgIpc) is 2.67. The van der Waals surface area contributed by atoms with Gasteiger partial charge in [-0.05, 0) is 18.2 Å². The highest BCUT2D eigenvalue weighted by Crippen LogP contribution is 2.38. The number of ether oxygens (including phenoxy) is 3. The van der Waals surface area contributed by atoms with Crippen LogP contribution in [0.5, 0.6) is 23.0 Å². The predicted octanol–water partition coefficient (Wildman–Crippen LogP) is 2.09. The molecule has 2 rings (SSSR count). The predicted molar refractivity (Wildman–Crippen MR) is 95.9 cm³/mol. The number of rotatable bonds is 7. The van der Waals surface area contributed by atoms with Gasteiger partial charge in [0.05, 0.1) is 32.5 Å². The van der Waals surface area contributed by atoms with E-state index in [9.17, 15) is 20.0 Å². The van der Waals surface area contributed by atoms with Crippen LogP contribution < -0.4 is 19.6 Å². The number of nitrogens with one attached hydrogen (secondary N) is 1. The number of phenolic OH excluding ortho intramolecular Hbond substituents is 1. The molecular formula is C17H17N3O7. The number of hydrogen-bond acceptors (Lipinski definition) is 8. The Kier molecular flexibility index (Phi) is 6.15. The molecule has 0 radical (unpaired) electrons. The molecule has 0 unspecified atom stereocenters. The maximum atomic E-state index is 12.3. The highest BCUT2D eigenvalue weighted by Gasteiger charge is 2.16. The first-order valence-electron chi connectivity index (χ1n) is 7.52. The first kappa shape index (κ1) is 19.5. The summed E-state index contributed by atoms with van der Waals surface area (Å²) in [5.41, 5.74) is 2.31. The molecule has 0 fully saturated rings. The second-order valence-corrected chi connectivity index (χ2v) is 5.11. The molecule has 27 heavy (non-hydrogen) atoms. The van der Waals surface area contributed by atoms with Crippen molar-refractivity contribution in [2.75, 3.05) is 21.3 Å². The Morgan fingerprint density at radius 3 is 2.30 bits per heavy atom. The van der Waals surface area contributed by atoms with Gasteiger partial charge in [-0.2, -0.15) is 5.10 Å². The molecule has 0 aliphatic carbocycles. The number of aromatic hydroxyl groups is 1. The van der Waals surface area contributed by atoms with Gasteiger partial charge < -0.3 is 19.3 Å². The van der Waals surface area contributed by atoms with Crippen molar-refractivity contribution in [3.8, 4) is 23.0 Å². The molecular weight excluding hydrogens is 358 g/mol. The van der Waals surface area contributed by atoms with Crippen LogP contribution in [0.25, 0.3) is 0 Å². The number of methoxy groups -OCH3 is 3. The molecule has 0 aliphatic heterocycles. The van der Waals surface area contributed by atoms with Gasteiger partial charge in [-0.1, -0.05) is 0 Å². The van der Waals surface area contributed by atoms with E-state index >= 15 is 0 Å². The topological polar surface area (TPSA) is 133 Å². The number of carbonyl (C=O) groups excluding carboxylic acids is 1. The van der Waals surface area contributed by atoms with E-state index in [4.69, 9.17) is 14.2 Å². The molecule has 0 heterocycles. The van der Waals surface area contributed by atoms with E-state index in [2.05, 4.69) is 10.5 Å². The molecule has 10 nitrogen and oxygen atoms in total. The van der Waals surface area contributed by atoms with E-state index in [1.807, 2.05) is 0 Å². The van der Waals surface area contributed by atoms with Crippen molar-refractivity contribution in [1.82, 2.24) is 5.43 Å². The minimum absolute atomic E-state index is 0.0781. The molecule has 0 aliphatic rings. The number of benzene rings is 2. The van der Waals surface area contributed by atoms with Gasteiger partial charge in [0, 0.05) is 23.3 Å². The monoisotopic (exact) mass is 375 g/mol. The maximum Gasteiger partial charge on any atom is 0.271 e. The van der Waals surface area contributed by atoms with Crippen molar-refractivity contribution in [2.24, 2.45) is 5.10 Å². The van der Waals surface area contributed by atoms with E-state index in [1.165, 1.54) is 39.5 Å². The molecule has 0 bridgehead atoms. The number of nitro benzene ring substituents is 1. The van der Waals surface area contributed by atoms with Crippen LogP contribution in [-0.4, -0.2) is 43.5 Å². The molecule has 10 heteroatoms. The third-order valence-corrected chi connectivity index (χ3v) is 3.52. The molecule has 0 saturated heterocycles. The summed E-state index contributed by atoms with van der Waals surface area (Å²) in [7, 11) is 4.28. The Hall–Kier alpha value is -3.82. The van der Waals surface area contributed by atoms with Gasteiger partial charge >= 0.3 is 0 Å². The fraction of sp³-hybridized carbons (Fsp3) is 0.176. The lowest BCUT2D eigenvalue weighted by atomic mass is 10.1. The van der Waals surface area contributed by atoms with E-state index in [0.29, 0.717) is 17.2 Å². The van der Waals surface area contributed by atoms with Crippen molar-refractivity contribution < 1.29 is 29.0 Å². The van der Waals surface area contributed by atoms with Gasteiger partial charge in [0.1, 0.15) is 5.75 Å². The number of hydrogen-bond donors (Lipinski definition) is 2. The van der Waals surface area contributed by atoms with Gasteiger partial charge in [0.25, 0.3) is 11.6 Å². The van der Waals surface area contributed by atoms with Crippen molar-refractivity contribution >= 4 is 17.8 Å². The Labute approximate surface area is 154 Å². The normalized spacial score (nSPS) is 10.5. The molecule has 1 amide bonds. The number of hydrazone groups is 1. The van der Waals surface area contributed by atoms with Crippen molar-refractivity contribution in [3.05, 3.63) is 51.6 Å². The quantitative estimate of drug-likeness (QED) is 0.430. The molecule has 142 valence electrons. The van der Waals surface area contributed by atoms with Gasteiger partial charge in [0.2, 0.25) is 5.75 Å². The summed E-state index contributed by atoms with van der Waals surface area (Å²) in [6, 6.07) is 6.33. The first-order valence-corrected chi connectivity index (χ1v) is 7.52. The largest absolute Gasteiger partial charge is 0.507 e. The van der Waals surface area contributed by atoms with Crippen LogP contribution in [0.1, 0.15) is 15.9 Å². The number of phenols is 1. The van der Waals surface area contributed by atoms with E-state index < -0.39 is 10.8 Å². The highest BCUT2D eigenvalue weighted by atomic mass is 16.6. The summed E-state index contributed by atoms with van der Waals surface area (Å²) in [5, 5.41) is 24.2. The van der Waals surface area contributed by atoms with Gasteiger partial charge in [-0.25, -0.2) is 5.43 Å². The molecule has 2 N–H and O–H groups in total. The minimum atomic E-state index is -0.606. The van der Waals surface area contributed by atoms with Crippen molar-refractivity contribution in [2.45, 2.75) is 0 Å². The van der Waals surface area contributed by atoms with Crippen LogP contribution in [0.4, 0.5) is 5.69 Å². The second kappa shape index (κ2) is 8.52. The lowest BCUT2D eigenvalue weighted by Crippen LogP contribution is -2.18. The summed E-state index contributed by atoms with van der Waals surface area (Å²) < 4.78 is 15.5. The van der Waals surface area contributed by atoms with Crippen LogP contribution in [0.3, 0.4) is 0 Å². The third kappa shape index (κ3) is 4.42. The lowest BCUT2D eigenvalue weighted by Gasteiger charge is -2.13. The Morgan fingerprint density at radius 2 is 1.78 bits per heavy atom. The molecule has 0 saturated carbocycles. The maximum absolute atomic E-state index is 12.3. The lowest BCUT2D eigenvalue weighted by molar-refractivity contribution is -0.384. The van der Waals surface area contributed by atoms with E-state index in [-0.39, 0.29) is 22.6 Å². The van der Waals surface area contributed by atoms with Crippen LogP contribution in [0.2, 0.25) is 0 Å². The second-order valence-electron chi connectivity index (χ2n) is 5.11.